The highest BCUT2D eigenvalue weighted by Gasteiger charge is 2.39. The normalized spacial score (nSPS) is 17.2. The summed E-state index contributed by atoms with van der Waals surface area (Å²) in [4.78, 5) is 23.8. The zero-order chi connectivity index (χ0) is 15.5. The molecule has 0 aromatic heterocycles. The van der Waals surface area contributed by atoms with Gasteiger partial charge in [0.1, 0.15) is 0 Å². The first-order valence-electron chi connectivity index (χ1n) is 6.61. The predicted molar refractivity (Wildman–Crippen MR) is 86.3 cm³/mol. The van der Waals surface area contributed by atoms with Gasteiger partial charge in [-0.1, -0.05) is 0 Å². The number of hydrogen-bond donors (Lipinski definition) is 3. The van der Waals surface area contributed by atoms with E-state index in [9.17, 15) is 14.7 Å². The van der Waals surface area contributed by atoms with E-state index in [-0.39, 0.29) is 18.0 Å². The lowest BCUT2D eigenvalue weighted by Crippen LogP contribution is -2.46. The second kappa shape index (κ2) is 6.71. The summed E-state index contributed by atoms with van der Waals surface area (Å²) in [5, 5.41) is 12.0. The minimum absolute atomic E-state index is 0.0782. The highest BCUT2D eigenvalue weighted by molar-refractivity contribution is 14.1. The third kappa shape index (κ3) is 3.53. The first-order valence-corrected chi connectivity index (χ1v) is 7.68. The summed E-state index contributed by atoms with van der Waals surface area (Å²) in [5.41, 5.74) is 5.47. The van der Waals surface area contributed by atoms with Crippen LogP contribution in [0, 0.1) is 8.99 Å². The molecule has 0 saturated carbocycles. The van der Waals surface area contributed by atoms with E-state index in [1.807, 2.05) is 22.6 Å². The Bertz CT molecular complexity index is 556. The third-order valence-corrected chi connectivity index (χ3v) is 4.45. The number of carboxylic acids is 1. The van der Waals surface area contributed by atoms with Crippen molar-refractivity contribution in [2.45, 2.75) is 12.8 Å². The number of nitrogens with two attached hydrogens (primary N) is 1. The van der Waals surface area contributed by atoms with Gasteiger partial charge in [0.15, 0.2) is 0 Å². The van der Waals surface area contributed by atoms with Crippen molar-refractivity contribution in [1.29, 1.82) is 0 Å². The molecule has 7 heteroatoms. The topological polar surface area (TPSA) is 102 Å². The van der Waals surface area contributed by atoms with Crippen LogP contribution < -0.4 is 11.1 Å². The Morgan fingerprint density at radius 2 is 2.05 bits per heavy atom. The molecule has 1 heterocycles. The quantitative estimate of drug-likeness (QED) is 0.663. The average Bonchev–Trinajstić information content (AvgIpc) is 2.49. The first-order chi connectivity index (χ1) is 9.98. The van der Waals surface area contributed by atoms with E-state index in [2.05, 4.69) is 5.32 Å². The Morgan fingerprint density at radius 1 is 1.38 bits per heavy atom. The zero-order valence-corrected chi connectivity index (χ0v) is 13.6. The maximum absolute atomic E-state index is 12.5. The lowest BCUT2D eigenvalue weighted by atomic mass is 9.79. The van der Waals surface area contributed by atoms with Gasteiger partial charge in [0.05, 0.1) is 16.7 Å². The molecule has 0 bridgehead atoms. The van der Waals surface area contributed by atoms with Crippen LogP contribution in [-0.4, -0.2) is 36.7 Å². The number of hydrogen-bond acceptors (Lipinski definition) is 4. The fourth-order valence-electron chi connectivity index (χ4n) is 2.34. The molecule has 0 spiro atoms. The van der Waals surface area contributed by atoms with Gasteiger partial charge >= 0.3 is 5.97 Å². The Labute approximate surface area is 136 Å². The van der Waals surface area contributed by atoms with Gasteiger partial charge in [-0.15, -0.1) is 0 Å². The SMILES string of the molecule is NCC1(C(=O)Nc2ccc(I)cc2C(=O)O)CCOCC1. The largest absolute Gasteiger partial charge is 0.478 e. The predicted octanol–water partition coefficient (Wildman–Crippen LogP) is 1.68. The van der Waals surface area contributed by atoms with Crippen molar-refractivity contribution < 1.29 is 19.4 Å². The molecule has 0 aliphatic carbocycles. The van der Waals surface area contributed by atoms with E-state index >= 15 is 0 Å². The molecule has 21 heavy (non-hydrogen) atoms. The van der Waals surface area contributed by atoms with Crippen LogP contribution in [0.15, 0.2) is 18.2 Å². The number of halogens is 1. The smallest absolute Gasteiger partial charge is 0.337 e. The summed E-state index contributed by atoms with van der Waals surface area (Å²) in [6.07, 6.45) is 1.09. The summed E-state index contributed by atoms with van der Waals surface area (Å²) < 4.78 is 6.07. The highest BCUT2D eigenvalue weighted by atomic mass is 127. The van der Waals surface area contributed by atoms with Crippen molar-refractivity contribution in [3.63, 3.8) is 0 Å². The van der Waals surface area contributed by atoms with Crippen LogP contribution >= 0.6 is 22.6 Å². The molecule has 0 unspecified atom stereocenters. The maximum Gasteiger partial charge on any atom is 0.337 e. The number of aromatic carboxylic acids is 1. The Balaban J connectivity index is 2.24. The minimum atomic E-state index is -1.07. The highest BCUT2D eigenvalue weighted by Crippen LogP contribution is 2.31. The Morgan fingerprint density at radius 3 is 2.62 bits per heavy atom. The van der Waals surface area contributed by atoms with Gasteiger partial charge in [0.2, 0.25) is 5.91 Å². The molecule has 2 rings (SSSR count). The van der Waals surface area contributed by atoms with Crippen molar-refractivity contribution in [3.05, 3.63) is 27.3 Å². The van der Waals surface area contributed by atoms with E-state index in [4.69, 9.17) is 10.5 Å². The van der Waals surface area contributed by atoms with Gasteiger partial charge in [0.25, 0.3) is 0 Å². The van der Waals surface area contributed by atoms with E-state index < -0.39 is 11.4 Å². The average molecular weight is 404 g/mol. The monoisotopic (exact) mass is 404 g/mol. The molecule has 1 fully saturated rings. The Kier molecular flexibility index (Phi) is 5.17. The van der Waals surface area contributed by atoms with Crippen LogP contribution in [0.1, 0.15) is 23.2 Å². The second-order valence-corrected chi connectivity index (χ2v) is 6.29. The van der Waals surface area contributed by atoms with Crippen LogP contribution in [0.2, 0.25) is 0 Å². The van der Waals surface area contributed by atoms with Gasteiger partial charge < -0.3 is 20.9 Å². The van der Waals surface area contributed by atoms with E-state index in [1.54, 1.807) is 12.1 Å². The number of ether oxygens (including phenoxy) is 1. The van der Waals surface area contributed by atoms with Crippen LogP contribution in [0.4, 0.5) is 5.69 Å². The molecular formula is C14H17IN2O4. The molecule has 1 saturated heterocycles. The number of nitrogens with one attached hydrogen (secondary N) is 1. The summed E-state index contributed by atoms with van der Waals surface area (Å²) in [6, 6.07) is 4.88. The van der Waals surface area contributed by atoms with Gasteiger partial charge in [-0.05, 0) is 53.6 Å². The third-order valence-electron chi connectivity index (χ3n) is 3.78. The van der Waals surface area contributed by atoms with Crippen LogP contribution in [0.5, 0.6) is 0 Å². The molecule has 1 amide bonds. The minimum Gasteiger partial charge on any atom is -0.478 e. The van der Waals surface area contributed by atoms with Crippen molar-refractivity contribution in [1.82, 2.24) is 0 Å². The number of carbonyl (C=O) groups is 2. The standard InChI is InChI=1S/C14H17IN2O4/c15-9-1-2-11(10(7-9)12(18)19)17-13(20)14(8-16)3-5-21-6-4-14/h1-2,7H,3-6,8,16H2,(H,17,20)(H,18,19). The summed E-state index contributed by atoms with van der Waals surface area (Å²) in [6.45, 7) is 1.20. The number of carbonyl (C=O) groups excluding carboxylic acids is 1. The summed E-state index contributed by atoms with van der Waals surface area (Å²) in [5.74, 6) is -1.31. The summed E-state index contributed by atoms with van der Waals surface area (Å²) >= 11 is 2.03. The molecular weight excluding hydrogens is 387 g/mol. The van der Waals surface area contributed by atoms with Crippen molar-refractivity contribution >= 4 is 40.2 Å². The fourth-order valence-corrected chi connectivity index (χ4v) is 2.83. The molecule has 0 atom stereocenters. The molecule has 1 aromatic rings. The maximum atomic E-state index is 12.5. The lowest BCUT2D eigenvalue weighted by Gasteiger charge is -2.34. The molecule has 1 aromatic carbocycles. The van der Waals surface area contributed by atoms with Crippen molar-refractivity contribution in [2.24, 2.45) is 11.1 Å². The molecule has 0 radical (unpaired) electrons. The van der Waals surface area contributed by atoms with E-state index in [0.717, 1.165) is 3.57 Å². The Hall–Kier alpha value is -1.19. The summed E-state index contributed by atoms with van der Waals surface area (Å²) in [7, 11) is 0. The van der Waals surface area contributed by atoms with Crippen LogP contribution in [0.25, 0.3) is 0 Å². The van der Waals surface area contributed by atoms with Gasteiger partial charge in [-0.3, -0.25) is 4.79 Å². The van der Waals surface area contributed by atoms with Crippen molar-refractivity contribution in [3.8, 4) is 0 Å². The van der Waals surface area contributed by atoms with Crippen LogP contribution in [0.3, 0.4) is 0 Å². The van der Waals surface area contributed by atoms with Gasteiger partial charge in [-0.2, -0.15) is 0 Å². The number of carboxylic acid groups (broad SMARTS) is 1. The molecule has 4 N–H and O–H groups in total. The first kappa shape index (κ1) is 16.2. The van der Waals surface area contributed by atoms with Gasteiger partial charge in [0, 0.05) is 23.3 Å². The van der Waals surface area contributed by atoms with Crippen molar-refractivity contribution in [2.75, 3.05) is 25.1 Å². The number of amides is 1. The zero-order valence-electron chi connectivity index (χ0n) is 11.4. The molecule has 114 valence electrons. The number of benzene rings is 1. The molecule has 1 aliphatic rings. The lowest BCUT2D eigenvalue weighted by molar-refractivity contribution is -0.130. The van der Waals surface area contributed by atoms with E-state index in [1.165, 1.54) is 6.07 Å². The number of rotatable bonds is 4. The second-order valence-electron chi connectivity index (χ2n) is 5.05. The molecule has 6 nitrogen and oxygen atoms in total. The fraction of sp³-hybridized carbons (Fsp3) is 0.429. The van der Waals surface area contributed by atoms with E-state index in [0.29, 0.717) is 31.7 Å². The van der Waals surface area contributed by atoms with Gasteiger partial charge in [-0.25, -0.2) is 4.79 Å². The molecule has 1 aliphatic heterocycles. The van der Waals surface area contributed by atoms with Crippen LogP contribution in [-0.2, 0) is 9.53 Å². The number of anilines is 1.